The van der Waals surface area contributed by atoms with Gasteiger partial charge in [-0.25, -0.2) is 8.42 Å². The van der Waals surface area contributed by atoms with Crippen LogP contribution in [0.5, 0.6) is 0 Å². The van der Waals surface area contributed by atoms with Gasteiger partial charge in [0.25, 0.3) is 0 Å². The van der Waals surface area contributed by atoms with Gasteiger partial charge in [-0.3, -0.25) is 9.59 Å². The summed E-state index contributed by atoms with van der Waals surface area (Å²) in [4.78, 5) is 24.7. The molecule has 1 N–H and O–H groups in total. The van der Waals surface area contributed by atoms with Crippen molar-refractivity contribution >= 4 is 21.7 Å². The molecule has 0 radical (unpaired) electrons. The second-order valence-corrected chi connectivity index (χ2v) is 7.48. The minimum Gasteiger partial charge on any atom is -0.481 e. The fraction of sp³-hybridized carbons (Fsp3) is 0.467. The largest absolute Gasteiger partial charge is 0.481 e. The molecule has 0 aliphatic carbocycles. The number of carboxylic acid groups (broad SMARTS) is 1. The van der Waals surface area contributed by atoms with Crippen LogP contribution >= 0.6 is 0 Å². The maximum absolute atomic E-state index is 12.1. The zero-order chi connectivity index (χ0) is 16.2. The highest BCUT2D eigenvalue weighted by Crippen LogP contribution is 2.18. The van der Waals surface area contributed by atoms with Crippen LogP contribution in [-0.2, 0) is 19.4 Å². The zero-order valence-electron chi connectivity index (χ0n) is 12.1. The Morgan fingerprint density at radius 2 is 1.73 bits per heavy atom. The molecular formula is C15H19NO5S. The smallest absolute Gasteiger partial charge is 0.306 e. The van der Waals surface area contributed by atoms with Crippen molar-refractivity contribution in [1.82, 2.24) is 4.90 Å². The molecule has 2 rings (SSSR count). The lowest BCUT2D eigenvalue weighted by Gasteiger charge is -2.30. The Kier molecular flexibility index (Phi) is 5.18. The maximum atomic E-state index is 12.1. The van der Waals surface area contributed by atoms with Gasteiger partial charge in [0.05, 0.1) is 16.6 Å². The summed E-state index contributed by atoms with van der Waals surface area (Å²) in [5, 5.41) is 8.92. The number of amides is 1. The molecule has 6 nitrogen and oxygen atoms in total. The third-order valence-corrected chi connectivity index (χ3v) is 5.62. The molecule has 1 amide bonds. The third-order valence-electron chi connectivity index (χ3n) is 3.88. The van der Waals surface area contributed by atoms with Crippen LogP contribution in [0.3, 0.4) is 0 Å². The Hall–Kier alpha value is -1.89. The lowest BCUT2D eigenvalue weighted by atomic mass is 9.97. The van der Waals surface area contributed by atoms with Gasteiger partial charge in [-0.15, -0.1) is 0 Å². The number of carboxylic acids is 1. The first-order valence-corrected chi connectivity index (χ1v) is 8.84. The van der Waals surface area contributed by atoms with Gasteiger partial charge in [-0.05, 0) is 25.0 Å². The summed E-state index contributed by atoms with van der Waals surface area (Å²) in [6, 6.07) is 8.05. The van der Waals surface area contributed by atoms with E-state index in [1.807, 2.05) is 0 Å². The molecule has 1 aromatic rings. The molecule has 0 saturated carbocycles. The topological polar surface area (TPSA) is 91.8 Å². The standard InChI is InChI=1S/C15H19NO5S/c17-14(16-9-6-12(7-10-16)15(18)19)8-11-22(20,21)13-4-2-1-3-5-13/h1-5,12H,6-11H2,(H,18,19). The quantitative estimate of drug-likeness (QED) is 0.877. The van der Waals surface area contributed by atoms with Crippen molar-refractivity contribution in [2.45, 2.75) is 24.2 Å². The number of piperidine rings is 1. The number of sulfone groups is 1. The number of nitrogens with zero attached hydrogens (tertiary/aromatic N) is 1. The van der Waals surface area contributed by atoms with Gasteiger partial charge in [0.2, 0.25) is 5.91 Å². The molecule has 0 aromatic heterocycles. The first-order valence-electron chi connectivity index (χ1n) is 7.18. The van der Waals surface area contributed by atoms with Crippen molar-refractivity contribution in [2.75, 3.05) is 18.8 Å². The van der Waals surface area contributed by atoms with Crippen molar-refractivity contribution < 1.29 is 23.1 Å². The summed E-state index contributed by atoms with van der Waals surface area (Å²) in [6.07, 6.45) is 0.772. The summed E-state index contributed by atoms with van der Waals surface area (Å²) in [5.74, 6) is -1.70. The molecule has 1 fully saturated rings. The number of likely N-dealkylation sites (tertiary alicyclic amines) is 1. The van der Waals surface area contributed by atoms with Crippen LogP contribution in [0.1, 0.15) is 19.3 Å². The van der Waals surface area contributed by atoms with E-state index in [-0.39, 0.29) is 23.0 Å². The van der Waals surface area contributed by atoms with Crippen molar-refractivity contribution in [3.8, 4) is 0 Å². The predicted octanol–water partition coefficient (Wildman–Crippen LogP) is 1.17. The van der Waals surface area contributed by atoms with Crippen LogP contribution in [-0.4, -0.2) is 49.1 Å². The molecule has 7 heteroatoms. The summed E-state index contributed by atoms with van der Waals surface area (Å²) >= 11 is 0. The number of aliphatic carboxylic acids is 1. The van der Waals surface area contributed by atoms with Gasteiger partial charge in [0, 0.05) is 19.5 Å². The molecule has 1 saturated heterocycles. The number of rotatable bonds is 5. The van der Waals surface area contributed by atoms with E-state index in [4.69, 9.17) is 5.11 Å². The fourth-order valence-corrected chi connectivity index (χ4v) is 3.75. The summed E-state index contributed by atoms with van der Waals surface area (Å²) < 4.78 is 24.2. The Bertz CT molecular complexity index is 633. The SMILES string of the molecule is O=C(O)C1CCN(C(=O)CCS(=O)(=O)c2ccccc2)CC1. The Labute approximate surface area is 129 Å². The van der Waals surface area contributed by atoms with Crippen molar-refractivity contribution in [1.29, 1.82) is 0 Å². The van der Waals surface area contributed by atoms with Gasteiger partial charge < -0.3 is 10.0 Å². The molecule has 1 aromatic carbocycles. The summed E-state index contributed by atoms with van der Waals surface area (Å²) in [5.41, 5.74) is 0. The lowest BCUT2D eigenvalue weighted by molar-refractivity contribution is -0.145. The highest BCUT2D eigenvalue weighted by atomic mass is 32.2. The molecule has 0 unspecified atom stereocenters. The summed E-state index contributed by atoms with van der Waals surface area (Å²) in [6.45, 7) is 0.752. The average Bonchev–Trinajstić information content (AvgIpc) is 2.53. The maximum Gasteiger partial charge on any atom is 0.306 e. The van der Waals surface area contributed by atoms with Crippen LogP contribution in [0.25, 0.3) is 0 Å². The Morgan fingerprint density at radius 1 is 1.14 bits per heavy atom. The highest BCUT2D eigenvalue weighted by molar-refractivity contribution is 7.91. The van der Waals surface area contributed by atoms with E-state index in [1.165, 1.54) is 12.1 Å². The van der Waals surface area contributed by atoms with E-state index in [1.54, 1.807) is 23.1 Å². The number of hydrogen-bond donors (Lipinski definition) is 1. The molecule has 1 heterocycles. The first-order chi connectivity index (χ1) is 10.4. The first kappa shape index (κ1) is 16.5. The molecule has 120 valence electrons. The van der Waals surface area contributed by atoms with Crippen LogP contribution in [0.4, 0.5) is 0 Å². The van der Waals surface area contributed by atoms with Crippen LogP contribution in [0, 0.1) is 5.92 Å². The van der Waals surface area contributed by atoms with E-state index >= 15 is 0 Å². The highest BCUT2D eigenvalue weighted by Gasteiger charge is 2.27. The van der Waals surface area contributed by atoms with Gasteiger partial charge in [0.1, 0.15) is 0 Å². The lowest BCUT2D eigenvalue weighted by Crippen LogP contribution is -2.40. The van der Waals surface area contributed by atoms with Gasteiger partial charge in [-0.1, -0.05) is 18.2 Å². The molecule has 1 aliphatic heterocycles. The number of benzene rings is 1. The Balaban J connectivity index is 1.87. The normalized spacial score (nSPS) is 16.5. The minimum atomic E-state index is -3.46. The third kappa shape index (κ3) is 4.07. The number of carbonyl (C=O) groups excluding carboxylic acids is 1. The molecule has 0 bridgehead atoms. The van der Waals surface area contributed by atoms with Crippen molar-refractivity contribution in [3.05, 3.63) is 30.3 Å². The second kappa shape index (κ2) is 6.91. The summed E-state index contributed by atoms with van der Waals surface area (Å²) in [7, 11) is -3.46. The van der Waals surface area contributed by atoms with Crippen LogP contribution in [0.2, 0.25) is 0 Å². The average molecular weight is 325 g/mol. The second-order valence-electron chi connectivity index (χ2n) is 5.38. The van der Waals surface area contributed by atoms with E-state index < -0.39 is 21.7 Å². The van der Waals surface area contributed by atoms with E-state index in [0.717, 1.165) is 0 Å². The van der Waals surface area contributed by atoms with Gasteiger partial charge >= 0.3 is 5.97 Å². The van der Waals surface area contributed by atoms with Crippen molar-refractivity contribution in [3.63, 3.8) is 0 Å². The van der Waals surface area contributed by atoms with Crippen LogP contribution in [0.15, 0.2) is 35.2 Å². The number of carbonyl (C=O) groups is 2. The molecular weight excluding hydrogens is 306 g/mol. The van der Waals surface area contributed by atoms with Gasteiger partial charge in [-0.2, -0.15) is 0 Å². The molecule has 22 heavy (non-hydrogen) atoms. The number of hydrogen-bond acceptors (Lipinski definition) is 4. The molecule has 0 spiro atoms. The fourth-order valence-electron chi connectivity index (χ4n) is 2.50. The van der Waals surface area contributed by atoms with Crippen molar-refractivity contribution in [2.24, 2.45) is 5.92 Å². The van der Waals surface area contributed by atoms with E-state index in [2.05, 4.69) is 0 Å². The van der Waals surface area contributed by atoms with Gasteiger partial charge in [0.15, 0.2) is 9.84 Å². The minimum absolute atomic E-state index is 0.0744. The van der Waals surface area contributed by atoms with E-state index in [9.17, 15) is 18.0 Å². The molecule has 0 atom stereocenters. The van der Waals surface area contributed by atoms with E-state index in [0.29, 0.717) is 25.9 Å². The molecule has 1 aliphatic rings. The predicted molar refractivity (Wildman–Crippen MR) is 80.1 cm³/mol. The van der Waals surface area contributed by atoms with Crippen LogP contribution < -0.4 is 0 Å². The monoisotopic (exact) mass is 325 g/mol. The Morgan fingerprint density at radius 3 is 2.27 bits per heavy atom. The zero-order valence-corrected chi connectivity index (χ0v) is 13.0.